The Morgan fingerprint density at radius 1 is 1.03 bits per heavy atom. The lowest BCUT2D eigenvalue weighted by molar-refractivity contribution is -0.133. The Hall–Kier alpha value is -3.28. The van der Waals surface area contributed by atoms with Gasteiger partial charge in [-0.05, 0) is 36.6 Å². The molecule has 1 fully saturated rings. The Bertz CT molecular complexity index is 980. The minimum atomic E-state index is 0.149. The number of nitrogens with zero attached hydrogens (tertiary/aromatic N) is 2. The van der Waals surface area contributed by atoms with E-state index < -0.39 is 0 Å². The fraction of sp³-hybridized carbons (Fsp3) is 0.304. The molecule has 6 heteroatoms. The molecule has 1 amide bonds. The highest BCUT2D eigenvalue weighted by Gasteiger charge is 2.33. The Labute approximate surface area is 170 Å². The predicted molar refractivity (Wildman–Crippen MR) is 108 cm³/mol. The summed E-state index contributed by atoms with van der Waals surface area (Å²) in [6.07, 6.45) is 1.94. The molecule has 29 heavy (non-hydrogen) atoms. The number of carbonyl (C=O) groups excluding carboxylic acids is 1. The van der Waals surface area contributed by atoms with Crippen LogP contribution in [0.5, 0.6) is 11.5 Å². The molecule has 0 atom stereocenters. The van der Waals surface area contributed by atoms with Crippen molar-refractivity contribution in [2.45, 2.75) is 25.9 Å². The zero-order valence-corrected chi connectivity index (χ0v) is 16.6. The summed E-state index contributed by atoms with van der Waals surface area (Å²) in [6, 6.07) is 17.5. The van der Waals surface area contributed by atoms with Gasteiger partial charge < -0.3 is 18.9 Å². The maximum atomic E-state index is 12.8. The zero-order chi connectivity index (χ0) is 20.2. The van der Waals surface area contributed by atoms with Crippen molar-refractivity contribution in [2.24, 2.45) is 5.92 Å². The van der Waals surface area contributed by atoms with Crippen molar-refractivity contribution in [3.63, 3.8) is 0 Å². The molecule has 6 nitrogen and oxygen atoms in total. The maximum absolute atomic E-state index is 12.8. The summed E-state index contributed by atoms with van der Waals surface area (Å²) >= 11 is 0. The average molecular weight is 392 g/mol. The van der Waals surface area contributed by atoms with Crippen LogP contribution in [-0.4, -0.2) is 30.2 Å². The molecule has 1 aliphatic rings. The van der Waals surface area contributed by atoms with E-state index in [1.165, 1.54) is 0 Å². The van der Waals surface area contributed by atoms with Crippen LogP contribution >= 0.6 is 0 Å². The molecule has 0 unspecified atom stereocenters. The summed E-state index contributed by atoms with van der Waals surface area (Å²) in [7, 11) is 3.20. The summed E-state index contributed by atoms with van der Waals surface area (Å²) in [5, 5.41) is 4.19. The Balaban J connectivity index is 1.53. The monoisotopic (exact) mass is 392 g/mol. The molecule has 1 heterocycles. The molecule has 3 aromatic rings. The van der Waals surface area contributed by atoms with Crippen molar-refractivity contribution >= 4 is 5.91 Å². The van der Waals surface area contributed by atoms with E-state index >= 15 is 0 Å². The fourth-order valence-corrected chi connectivity index (χ4v) is 3.31. The molecule has 0 aliphatic heterocycles. The van der Waals surface area contributed by atoms with Gasteiger partial charge in [-0.1, -0.05) is 35.5 Å². The molecule has 1 aromatic heterocycles. The number of ether oxygens (including phenoxy) is 2. The smallest absolute Gasteiger partial charge is 0.226 e. The third-order valence-corrected chi connectivity index (χ3v) is 5.03. The molecule has 150 valence electrons. The third kappa shape index (κ3) is 4.42. The normalized spacial score (nSPS) is 13.2. The number of rotatable bonds is 8. The van der Waals surface area contributed by atoms with Crippen LogP contribution in [0.25, 0.3) is 11.3 Å². The Morgan fingerprint density at radius 3 is 2.48 bits per heavy atom. The number of benzene rings is 2. The van der Waals surface area contributed by atoms with Crippen LogP contribution in [0.1, 0.15) is 24.1 Å². The number of hydrogen-bond acceptors (Lipinski definition) is 5. The summed E-state index contributed by atoms with van der Waals surface area (Å²) < 4.78 is 16.2. The van der Waals surface area contributed by atoms with Gasteiger partial charge in [0.25, 0.3) is 0 Å². The standard InChI is InChI=1S/C23H24N2O4/c1-27-20-11-10-18(12-22(20)28-2)21-13-19(24-29-21)15-25(23(26)17-8-9-17)14-16-6-4-3-5-7-16/h3-7,10-13,17H,8-9,14-15H2,1-2H3. The van der Waals surface area contributed by atoms with Crippen LogP contribution in [0.4, 0.5) is 0 Å². The second kappa shape index (κ2) is 8.39. The second-order valence-corrected chi connectivity index (χ2v) is 7.21. The van der Waals surface area contributed by atoms with Crippen molar-refractivity contribution in [1.82, 2.24) is 10.1 Å². The highest BCUT2D eigenvalue weighted by Crippen LogP contribution is 2.34. The van der Waals surface area contributed by atoms with E-state index in [2.05, 4.69) is 5.16 Å². The summed E-state index contributed by atoms with van der Waals surface area (Å²) in [4.78, 5) is 14.6. The van der Waals surface area contributed by atoms with Gasteiger partial charge in [0.05, 0.1) is 20.8 Å². The number of aromatic nitrogens is 1. The van der Waals surface area contributed by atoms with Crippen molar-refractivity contribution in [3.8, 4) is 22.8 Å². The second-order valence-electron chi connectivity index (χ2n) is 7.21. The van der Waals surface area contributed by atoms with E-state index in [1.54, 1.807) is 14.2 Å². The first-order chi connectivity index (χ1) is 14.2. The van der Waals surface area contributed by atoms with Crippen molar-refractivity contribution in [2.75, 3.05) is 14.2 Å². The minimum absolute atomic E-state index is 0.149. The first-order valence-corrected chi connectivity index (χ1v) is 9.68. The lowest BCUT2D eigenvalue weighted by Crippen LogP contribution is -2.31. The van der Waals surface area contributed by atoms with Gasteiger partial charge >= 0.3 is 0 Å². The van der Waals surface area contributed by atoms with E-state index in [0.29, 0.717) is 30.3 Å². The van der Waals surface area contributed by atoms with Crippen LogP contribution in [0, 0.1) is 5.92 Å². The quantitative estimate of drug-likeness (QED) is 0.572. The van der Waals surface area contributed by atoms with Crippen LogP contribution in [0.2, 0.25) is 0 Å². The molecule has 1 aliphatic carbocycles. The maximum Gasteiger partial charge on any atom is 0.226 e. The molecule has 0 radical (unpaired) electrons. The van der Waals surface area contributed by atoms with Gasteiger partial charge in [-0.3, -0.25) is 4.79 Å². The van der Waals surface area contributed by atoms with E-state index in [4.69, 9.17) is 14.0 Å². The first kappa shape index (κ1) is 19.1. The van der Waals surface area contributed by atoms with Crippen LogP contribution in [-0.2, 0) is 17.9 Å². The largest absolute Gasteiger partial charge is 0.493 e. The molecular formula is C23H24N2O4. The number of methoxy groups -OCH3 is 2. The first-order valence-electron chi connectivity index (χ1n) is 9.68. The number of hydrogen-bond donors (Lipinski definition) is 0. The van der Waals surface area contributed by atoms with Gasteiger partial charge in [0.15, 0.2) is 17.3 Å². The number of carbonyl (C=O) groups is 1. The molecule has 2 aromatic carbocycles. The lowest BCUT2D eigenvalue weighted by atomic mass is 10.1. The molecule has 0 saturated heterocycles. The topological polar surface area (TPSA) is 64.8 Å². The van der Waals surface area contributed by atoms with Crippen molar-refractivity contribution in [1.29, 1.82) is 0 Å². The van der Waals surface area contributed by atoms with Gasteiger partial charge in [0.2, 0.25) is 5.91 Å². The van der Waals surface area contributed by atoms with E-state index in [1.807, 2.05) is 59.5 Å². The summed E-state index contributed by atoms with van der Waals surface area (Å²) in [5.74, 6) is 2.23. The van der Waals surface area contributed by atoms with E-state index in [9.17, 15) is 4.79 Å². The van der Waals surface area contributed by atoms with Crippen molar-refractivity contribution < 1.29 is 18.8 Å². The van der Waals surface area contributed by atoms with Gasteiger partial charge in [-0.15, -0.1) is 0 Å². The Kier molecular flexibility index (Phi) is 5.51. The van der Waals surface area contributed by atoms with Gasteiger partial charge in [0.1, 0.15) is 5.69 Å². The number of amides is 1. The van der Waals surface area contributed by atoms with E-state index in [-0.39, 0.29) is 11.8 Å². The molecule has 0 bridgehead atoms. The fourth-order valence-electron chi connectivity index (χ4n) is 3.31. The van der Waals surface area contributed by atoms with E-state index in [0.717, 1.165) is 29.7 Å². The molecular weight excluding hydrogens is 368 g/mol. The van der Waals surface area contributed by atoms with Gasteiger partial charge in [-0.25, -0.2) is 0 Å². The van der Waals surface area contributed by atoms with Crippen LogP contribution in [0.3, 0.4) is 0 Å². The zero-order valence-electron chi connectivity index (χ0n) is 16.6. The highest BCUT2D eigenvalue weighted by molar-refractivity contribution is 5.81. The minimum Gasteiger partial charge on any atom is -0.493 e. The van der Waals surface area contributed by atoms with Crippen molar-refractivity contribution in [3.05, 3.63) is 65.9 Å². The summed E-state index contributed by atoms with van der Waals surface area (Å²) in [5.41, 5.74) is 2.66. The predicted octanol–water partition coefficient (Wildman–Crippen LogP) is 4.30. The molecule has 0 N–H and O–H groups in total. The molecule has 0 spiro atoms. The average Bonchev–Trinajstić information content (AvgIpc) is 3.51. The lowest BCUT2D eigenvalue weighted by Gasteiger charge is -2.21. The molecule has 1 saturated carbocycles. The van der Waals surface area contributed by atoms with Gasteiger partial charge in [0, 0.05) is 24.1 Å². The SMILES string of the molecule is COc1ccc(-c2cc(CN(Cc3ccccc3)C(=O)C3CC3)no2)cc1OC. The molecule has 4 rings (SSSR count). The summed E-state index contributed by atoms with van der Waals surface area (Å²) in [6.45, 7) is 0.982. The third-order valence-electron chi connectivity index (χ3n) is 5.03. The Morgan fingerprint density at radius 2 is 1.79 bits per heavy atom. The van der Waals surface area contributed by atoms with Crippen LogP contribution in [0.15, 0.2) is 59.1 Å². The van der Waals surface area contributed by atoms with Gasteiger partial charge in [-0.2, -0.15) is 0 Å². The highest BCUT2D eigenvalue weighted by atomic mass is 16.5. The van der Waals surface area contributed by atoms with Crippen LogP contribution < -0.4 is 9.47 Å².